The predicted octanol–water partition coefficient (Wildman–Crippen LogP) is 4.15. The van der Waals surface area contributed by atoms with E-state index in [0.717, 1.165) is 36.8 Å². The topological polar surface area (TPSA) is 49.8 Å². The summed E-state index contributed by atoms with van der Waals surface area (Å²) in [6.45, 7) is 11.8. The fourth-order valence-corrected chi connectivity index (χ4v) is 2.91. The number of nitrogens with one attached hydrogen (secondary N) is 2. The van der Waals surface area contributed by atoms with Gasteiger partial charge in [0.05, 0.1) is 0 Å². The summed E-state index contributed by atoms with van der Waals surface area (Å²) in [6.07, 6.45) is 4.48. The number of hydrogen-bond donors (Lipinski definition) is 2. The van der Waals surface area contributed by atoms with E-state index in [2.05, 4.69) is 61.5 Å². The maximum atomic E-state index is 4.69. The number of nitrogens with zero attached hydrogens (tertiary/aromatic N) is 2. The van der Waals surface area contributed by atoms with E-state index in [1.54, 1.807) is 0 Å². The molecular formula is C16H30N4S. The van der Waals surface area contributed by atoms with Gasteiger partial charge in [0, 0.05) is 29.8 Å². The number of hydrogen-bond acceptors (Lipinski definition) is 5. The Morgan fingerprint density at radius 1 is 1.10 bits per heavy atom. The second-order valence-electron chi connectivity index (χ2n) is 6.41. The van der Waals surface area contributed by atoms with Crippen LogP contribution in [0.25, 0.3) is 0 Å². The molecule has 0 aliphatic carbocycles. The first-order chi connectivity index (χ1) is 9.80. The second kappa shape index (κ2) is 7.34. The lowest BCUT2D eigenvalue weighted by Gasteiger charge is -2.30. The summed E-state index contributed by atoms with van der Waals surface area (Å²) in [5.41, 5.74) is -0.0601. The molecule has 0 spiro atoms. The van der Waals surface area contributed by atoms with Crippen LogP contribution in [0.5, 0.6) is 0 Å². The molecule has 1 heterocycles. The van der Waals surface area contributed by atoms with Gasteiger partial charge in [-0.15, -0.1) is 0 Å². The summed E-state index contributed by atoms with van der Waals surface area (Å²) in [7, 11) is 1.89. The highest BCUT2D eigenvalue weighted by atomic mass is 32.2. The first-order valence-corrected chi connectivity index (χ1v) is 8.89. The molecule has 0 aliphatic rings. The Kier molecular flexibility index (Phi) is 6.32. The molecular weight excluding hydrogens is 280 g/mol. The Hall–Kier alpha value is -0.970. The zero-order valence-corrected chi connectivity index (χ0v) is 15.3. The minimum absolute atomic E-state index is 0.0601. The number of aromatic nitrogens is 2. The van der Waals surface area contributed by atoms with E-state index in [-0.39, 0.29) is 10.2 Å². The third-order valence-electron chi connectivity index (χ3n) is 3.97. The normalized spacial score (nSPS) is 12.3. The van der Waals surface area contributed by atoms with Gasteiger partial charge in [-0.25, -0.2) is 9.97 Å². The van der Waals surface area contributed by atoms with E-state index in [0.29, 0.717) is 0 Å². The molecule has 21 heavy (non-hydrogen) atoms. The van der Waals surface area contributed by atoms with Gasteiger partial charge in [-0.2, -0.15) is 11.8 Å². The molecule has 5 heteroatoms. The van der Waals surface area contributed by atoms with Gasteiger partial charge in [0.1, 0.15) is 17.5 Å². The summed E-state index contributed by atoms with van der Waals surface area (Å²) in [5, 5.41) is 6.64. The predicted molar refractivity (Wildman–Crippen MR) is 95.6 cm³/mol. The quantitative estimate of drug-likeness (QED) is 0.792. The van der Waals surface area contributed by atoms with Crippen molar-refractivity contribution < 1.29 is 0 Å². The van der Waals surface area contributed by atoms with Gasteiger partial charge >= 0.3 is 0 Å². The van der Waals surface area contributed by atoms with E-state index in [1.165, 1.54) is 0 Å². The van der Waals surface area contributed by atoms with Crippen molar-refractivity contribution in [2.45, 2.75) is 57.6 Å². The van der Waals surface area contributed by atoms with E-state index < -0.39 is 0 Å². The first kappa shape index (κ1) is 18.1. The Labute approximate surface area is 133 Å². The van der Waals surface area contributed by atoms with Crippen LogP contribution in [0.3, 0.4) is 0 Å². The molecule has 0 bridgehead atoms. The molecule has 0 radical (unpaired) electrons. The van der Waals surface area contributed by atoms with Crippen molar-refractivity contribution >= 4 is 23.4 Å². The van der Waals surface area contributed by atoms with Crippen molar-refractivity contribution in [3.05, 3.63) is 11.9 Å². The lowest BCUT2D eigenvalue weighted by Crippen LogP contribution is -2.32. The summed E-state index contributed by atoms with van der Waals surface area (Å²) in [6, 6.07) is 1.98. The number of thioether (sulfide) groups is 1. The highest BCUT2D eigenvalue weighted by Crippen LogP contribution is 2.31. The highest BCUT2D eigenvalue weighted by Gasteiger charge is 2.25. The van der Waals surface area contributed by atoms with Crippen LogP contribution >= 0.6 is 11.8 Å². The van der Waals surface area contributed by atoms with Gasteiger partial charge in [0.15, 0.2) is 0 Å². The van der Waals surface area contributed by atoms with Crippen molar-refractivity contribution in [2.75, 3.05) is 30.5 Å². The Bertz CT molecular complexity index is 442. The van der Waals surface area contributed by atoms with Gasteiger partial charge in [0.25, 0.3) is 0 Å². The van der Waals surface area contributed by atoms with E-state index >= 15 is 0 Å². The van der Waals surface area contributed by atoms with Crippen LogP contribution in [-0.4, -0.2) is 34.6 Å². The van der Waals surface area contributed by atoms with Crippen LogP contribution in [-0.2, 0) is 5.41 Å². The van der Waals surface area contributed by atoms with Crippen LogP contribution in [0.2, 0.25) is 0 Å². The average molecular weight is 311 g/mol. The molecule has 0 unspecified atom stereocenters. The van der Waals surface area contributed by atoms with Crippen LogP contribution in [0.15, 0.2) is 6.07 Å². The number of rotatable bonds is 7. The van der Waals surface area contributed by atoms with E-state index in [1.807, 2.05) is 24.9 Å². The van der Waals surface area contributed by atoms with Crippen molar-refractivity contribution in [2.24, 2.45) is 0 Å². The molecule has 1 aromatic heterocycles. The molecule has 4 nitrogen and oxygen atoms in total. The summed E-state index contributed by atoms with van der Waals surface area (Å²) < 4.78 is 0.270. The second-order valence-corrected chi connectivity index (χ2v) is 7.68. The van der Waals surface area contributed by atoms with Crippen LogP contribution < -0.4 is 10.6 Å². The minimum Gasteiger partial charge on any atom is -0.373 e. The molecule has 0 fully saturated rings. The molecule has 1 aromatic rings. The zero-order chi connectivity index (χ0) is 16.1. The molecule has 0 saturated heterocycles. The number of anilines is 2. The summed E-state index contributed by atoms with van der Waals surface area (Å²) >= 11 is 1.93. The average Bonchev–Trinajstić information content (AvgIpc) is 2.48. The van der Waals surface area contributed by atoms with Crippen molar-refractivity contribution in [3.63, 3.8) is 0 Å². The van der Waals surface area contributed by atoms with Gasteiger partial charge in [0.2, 0.25) is 0 Å². The molecule has 2 N–H and O–H groups in total. The smallest absolute Gasteiger partial charge is 0.138 e. The maximum absolute atomic E-state index is 4.69. The molecule has 0 atom stereocenters. The highest BCUT2D eigenvalue weighted by molar-refractivity contribution is 8.00. The largest absolute Gasteiger partial charge is 0.373 e. The maximum Gasteiger partial charge on any atom is 0.138 e. The molecule has 0 aromatic carbocycles. The van der Waals surface area contributed by atoms with Gasteiger partial charge in [-0.05, 0) is 19.1 Å². The first-order valence-electron chi connectivity index (χ1n) is 7.66. The standard InChI is InChI=1S/C16H30N4S/c1-8-16(9-2,21-7)11-18-13-10-12(17-6)19-14(20-13)15(3,4)5/h10H,8-9,11H2,1-7H3,(H2,17,18,19,20). The van der Waals surface area contributed by atoms with Crippen molar-refractivity contribution in [3.8, 4) is 0 Å². The molecule has 0 aliphatic heterocycles. The van der Waals surface area contributed by atoms with Crippen LogP contribution in [0.4, 0.5) is 11.6 Å². The van der Waals surface area contributed by atoms with Crippen LogP contribution in [0.1, 0.15) is 53.3 Å². The van der Waals surface area contributed by atoms with Gasteiger partial charge in [-0.3, -0.25) is 0 Å². The Balaban J connectivity index is 2.98. The third-order valence-corrected chi connectivity index (χ3v) is 5.55. The Morgan fingerprint density at radius 3 is 2.10 bits per heavy atom. The molecule has 1 rings (SSSR count). The summed E-state index contributed by atoms with van der Waals surface area (Å²) in [4.78, 5) is 9.25. The van der Waals surface area contributed by atoms with Crippen molar-refractivity contribution in [1.82, 2.24) is 9.97 Å². The van der Waals surface area contributed by atoms with Gasteiger partial charge < -0.3 is 10.6 Å². The Morgan fingerprint density at radius 2 is 1.67 bits per heavy atom. The van der Waals surface area contributed by atoms with Gasteiger partial charge in [-0.1, -0.05) is 34.6 Å². The lowest BCUT2D eigenvalue weighted by atomic mass is 9.96. The summed E-state index contributed by atoms with van der Waals surface area (Å²) in [5.74, 6) is 2.62. The minimum atomic E-state index is -0.0601. The molecule has 0 amide bonds. The van der Waals surface area contributed by atoms with E-state index in [4.69, 9.17) is 0 Å². The molecule has 120 valence electrons. The monoisotopic (exact) mass is 310 g/mol. The fourth-order valence-electron chi connectivity index (χ4n) is 2.11. The van der Waals surface area contributed by atoms with Crippen LogP contribution in [0, 0.1) is 0 Å². The SMILES string of the molecule is CCC(CC)(CNc1cc(NC)nc(C(C)(C)C)n1)SC. The molecule has 0 saturated carbocycles. The lowest BCUT2D eigenvalue weighted by molar-refractivity contribution is 0.544. The third kappa shape index (κ3) is 4.77. The zero-order valence-electron chi connectivity index (χ0n) is 14.5. The fraction of sp³-hybridized carbons (Fsp3) is 0.750. The van der Waals surface area contributed by atoms with E-state index in [9.17, 15) is 0 Å². The van der Waals surface area contributed by atoms with Crippen molar-refractivity contribution in [1.29, 1.82) is 0 Å².